The first-order valence-electron chi connectivity index (χ1n) is 7.96. The van der Waals surface area contributed by atoms with Crippen LogP contribution in [-0.2, 0) is 19.4 Å². The average Bonchev–Trinajstić information content (AvgIpc) is 3.27. The van der Waals surface area contributed by atoms with Gasteiger partial charge in [0.05, 0.1) is 11.3 Å². The molecule has 0 aliphatic heterocycles. The molecule has 0 spiro atoms. The van der Waals surface area contributed by atoms with Crippen molar-refractivity contribution < 1.29 is 4.74 Å². The zero-order valence-corrected chi connectivity index (χ0v) is 16.6. The summed E-state index contributed by atoms with van der Waals surface area (Å²) in [4.78, 5) is 19.3. The SMILES string of the molecule is Cn1c(COc2ccc(Cl)cc2)nnc1SCc1nc2ccsc2c(=O)[nH]1. The predicted molar refractivity (Wildman–Crippen MR) is 107 cm³/mol. The Balaban J connectivity index is 1.42. The summed E-state index contributed by atoms with van der Waals surface area (Å²) in [7, 11) is 1.88. The summed E-state index contributed by atoms with van der Waals surface area (Å²) >= 11 is 8.70. The van der Waals surface area contributed by atoms with Crippen molar-refractivity contribution in [3.63, 3.8) is 0 Å². The number of nitrogens with one attached hydrogen (secondary N) is 1. The molecule has 3 heterocycles. The predicted octanol–water partition coefficient (Wildman–Crippen LogP) is 3.64. The third-order valence-corrected chi connectivity index (χ3v) is 5.99. The number of thioether (sulfide) groups is 1. The first kappa shape index (κ1) is 18.0. The molecule has 0 saturated carbocycles. The van der Waals surface area contributed by atoms with Gasteiger partial charge in [0.1, 0.15) is 22.9 Å². The van der Waals surface area contributed by atoms with E-state index in [4.69, 9.17) is 16.3 Å². The Morgan fingerprint density at radius 1 is 1.26 bits per heavy atom. The number of thiophene rings is 1. The maximum absolute atomic E-state index is 12.0. The van der Waals surface area contributed by atoms with Crippen molar-refractivity contribution in [1.29, 1.82) is 0 Å². The van der Waals surface area contributed by atoms with Gasteiger partial charge in [-0.05, 0) is 35.7 Å². The lowest BCUT2D eigenvalue weighted by Crippen LogP contribution is -2.09. The molecule has 0 atom stereocenters. The van der Waals surface area contributed by atoms with Crippen molar-refractivity contribution in [2.45, 2.75) is 17.5 Å². The van der Waals surface area contributed by atoms with Crippen molar-refractivity contribution in [2.24, 2.45) is 7.05 Å². The molecule has 0 fully saturated rings. The number of nitrogens with zero attached hydrogens (tertiary/aromatic N) is 4. The number of rotatable bonds is 6. The molecule has 7 nitrogen and oxygen atoms in total. The Hall–Kier alpha value is -2.36. The lowest BCUT2D eigenvalue weighted by atomic mass is 10.3. The highest BCUT2D eigenvalue weighted by molar-refractivity contribution is 7.98. The van der Waals surface area contributed by atoms with Gasteiger partial charge >= 0.3 is 0 Å². The van der Waals surface area contributed by atoms with E-state index in [1.54, 1.807) is 24.3 Å². The van der Waals surface area contributed by atoms with Crippen molar-refractivity contribution in [2.75, 3.05) is 0 Å². The van der Waals surface area contributed by atoms with Crippen LogP contribution < -0.4 is 10.3 Å². The molecule has 10 heteroatoms. The second-order valence-corrected chi connectivity index (χ2v) is 7.93. The van der Waals surface area contributed by atoms with Crippen LogP contribution in [0.4, 0.5) is 0 Å². The average molecular weight is 420 g/mol. The molecule has 0 unspecified atom stereocenters. The Morgan fingerprint density at radius 2 is 2.07 bits per heavy atom. The summed E-state index contributed by atoms with van der Waals surface area (Å²) < 4.78 is 8.21. The van der Waals surface area contributed by atoms with Crippen LogP contribution in [0.1, 0.15) is 11.6 Å². The third-order valence-electron chi connectivity index (χ3n) is 3.81. The standard InChI is InChI=1S/C17H14ClN5O2S2/c1-23-14(8-25-11-4-2-10(18)3-5-11)21-22-17(23)27-9-13-19-12-6-7-26-15(12)16(24)20-13/h2-7H,8-9H2,1H3,(H,19,20,24). The van der Waals surface area contributed by atoms with Crippen LogP contribution in [0.25, 0.3) is 10.2 Å². The van der Waals surface area contributed by atoms with Gasteiger partial charge in [0, 0.05) is 12.1 Å². The van der Waals surface area contributed by atoms with Crippen molar-refractivity contribution in [3.05, 3.63) is 62.7 Å². The Bertz CT molecular complexity index is 1140. The maximum atomic E-state index is 12.0. The van der Waals surface area contributed by atoms with Gasteiger partial charge in [-0.25, -0.2) is 4.98 Å². The van der Waals surface area contributed by atoms with Gasteiger partial charge in [-0.1, -0.05) is 23.4 Å². The molecule has 0 saturated heterocycles. The number of aromatic amines is 1. The lowest BCUT2D eigenvalue weighted by Gasteiger charge is -2.06. The lowest BCUT2D eigenvalue weighted by molar-refractivity contribution is 0.290. The number of ether oxygens (including phenoxy) is 1. The highest BCUT2D eigenvalue weighted by Gasteiger charge is 2.12. The van der Waals surface area contributed by atoms with E-state index in [1.807, 2.05) is 23.1 Å². The number of hydrogen-bond acceptors (Lipinski definition) is 7. The van der Waals surface area contributed by atoms with Gasteiger partial charge in [-0.2, -0.15) is 0 Å². The van der Waals surface area contributed by atoms with E-state index >= 15 is 0 Å². The normalized spacial score (nSPS) is 11.2. The maximum Gasteiger partial charge on any atom is 0.268 e. The molecule has 0 radical (unpaired) electrons. The van der Waals surface area contributed by atoms with E-state index in [1.165, 1.54) is 23.1 Å². The van der Waals surface area contributed by atoms with Gasteiger partial charge in [-0.3, -0.25) is 4.79 Å². The van der Waals surface area contributed by atoms with E-state index in [0.29, 0.717) is 39.5 Å². The van der Waals surface area contributed by atoms with Crippen molar-refractivity contribution in [3.8, 4) is 5.75 Å². The first-order chi connectivity index (χ1) is 13.1. The van der Waals surface area contributed by atoms with Gasteiger partial charge in [0.15, 0.2) is 11.0 Å². The summed E-state index contributed by atoms with van der Waals surface area (Å²) in [6, 6.07) is 8.99. The minimum atomic E-state index is -0.111. The van der Waals surface area contributed by atoms with Gasteiger partial charge in [0.2, 0.25) is 0 Å². The van der Waals surface area contributed by atoms with Gasteiger partial charge in [-0.15, -0.1) is 21.5 Å². The number of fused-ring (bicyclic) bond motifs is 1. The van der Waals surface area contributed by atoms with E-state index in [9.17, 15) is 4.79 Å². The minimum absolute atomic E-state index is 0.111. The third kappa shape index (κ3) is 4.00. The monoisotopic (exact) mass is 419 g/mol. The molecule has 3 aromatic heterocycles. The smallest absolute Gasteiger partial charge is 0.268 e. The van der Waals surface area contributed by atoms with Crippen LogP contribution >= 0.6 is 34.7 Å². The summed E-state index contributed by atoms with van der Waals surface area (Å²) in [5.41, 5.74) is 0.606. The summed E-state index contributed by atoms with van der Waals surface area (Å²) in [5.74, 6) is 2.51. The van der Waals surface area contributed by atoms with Gasteiger partial charge < -0.3 is 14.3 Å². The van der Waals surface area contributed by atoms with Crippen LogP contribution in [0.5, 0.6) is 5.75 Å². The topological polar surface area (TPSA) is 85.7 Å². The molecule has 4 aromatic rings. The fraction of sp³-hybridized carbons (Fsp3) is 0.176. The van der Waals surface area contributed by atoms with Gasteiger partial charge in [0.25, 0.3) is 5.56 Å². The Labute approximate surface area is 167 Å². The second kappa shape index (κ2) is 7.71. The molecule has 1 N–H and O–H groups in total. The Morgan fingerprint density at radius 3 is 2.89 bits per heavy atom. The number of benzene rings is 1. The van der Waals surface area contributed by atoms with Crippen LogP contribution in [0.2, 0.25) is 5.02 Å². The summed E-state index contributed by atoms with van der Waals surface area (Å²) in [6.07, 6.45) is 0. The quantitative estimate of drug-likeness (QED) is 0.480. The first-order valence-corrected chi connectivity index (χ1v) is 10.2. The zero-order chi connectivity index (χ0) is 18.8. The molecule has 138 valence electrons. The zero-order valence-electron chi connectivity index (χ0n) is 14.2. The Kier molecular flexibility index (Phi) is 5.15. The number of H-pyrrole nitrogens is 1. The fourth-order valence-electron chi connectivity index (χ4n) is 2.40. The van der Waals surface area contributed by atoms with Crippen molar-refractivity contribution in [1.82, 2.24) is 24.7 Å². The van der Waals surface area contributed by atoms with Crippen LogP contribution in [0.3, 0.4) is 0 Å². The summed E-state index contributed by atoms with van der Waals surface area (Å²) in [5, 5.41) is 11.6. The van der Waals surface area contributed by atoms with E-state index in [2.05, 4.69) is 20.2 Å². The van der Waals surface area contributed by atoms with E-state index < -0.39 is 0 Å². The highest BCUT2D eigenvalue weighted by atomic mass is 35.5. The van der Waals surface area contributed by atoms with Crippen LogP contribution in [-0.4, -0.2) is 24.7 Å². The molecule has 1 aromatic carbocycles. The number of halogens is 1. The molecule has 0 amide bonds. The molecule has 0 bridgehead atoms. The molecule has 0 aliphatic carbocycles. The second-order valence-electron chi connectivity index (χ2n) is 5.64. The van der Waals surface area contributed by atoms with Crippen LogP contribution in [0.15, 0.2) is 45.7 Å². The molecular weight excluding hydrogens is 406 g/mol. The molecule has 4 rings (SSSR count). The highest BCUT2D eigenvalue weighted by Crippen LogP contribution is 2.22. The molecule has 0 aliphatic rings. The number of hydrogen-bond donors (Lipinski definition) is 1. The molecule has 27 heavy (non-hydrogen) atoms. The number of aromatic nitrogens is 5. The largest absolute Gasteiger partial charge is 0.486 e. The fourth-order valence-corrected chi connectivity index (χ4v) is 4.05. The van der Waals surface area contributed by atoms with Crippen molar-refractivity contribution >= 4 is 44.9 Å². The molecular formula is C17H14ClN5O2S2. The minimum Gasteiger partial charge on any atom is -0.486 e. The van der Waals surface area contributed by atoms with E-state index in [0.717, 1.165) is 10.7 Å². The summed E-state index contributed by atoms with van der Waals surface area (Å²) in [6.45, 7) is 0.293. The van der Waals surface area contributed by atoms with E-state index in [-0.39, 0.29) is 5.56 Å². The van der Waals surface area contributed by atoms with Crippen LogP contribution in [0, 0.1) is 0 Å².